The van der Waals surface area contributed by atoms with Crippen LogP contribution < -0.4 is 5.32 Å². The van der Waals surface area contributed by atoms with Gasteiger partial charge in [-0.25, -0.2) is 4.39 Å². The number of amides is 1. The largest absolute Gasteiger partial charge is 0.352 e. The lowest BCUT2D eigenvalue weighted by atomic mass is 10.1. The second-order valence-corrected chi connectivity index (χ2v) is 6.76. The van der Waals surface area contributed by atoms with Gasteiger partial charge in [0.1, 0.15) is 17.4 Å². The Hall–Kier alpha value is -3.51. The highest BCUT2D eigenvalue weighted by Gasteiger charge is 2.17. The van der Waals surface area contributed by atoms with Crippen molar-refractivity contribution in [3.63, 3.8) is 0 Å². The second-order valence-electron chi connectivity index (χ2n) is 6.36. The molecule has 0 fully saturated rings. The van der Waals surface area contributed by atoms with Crippen molar-refractivity contribution in [1.29, 1.82) is 5.26 Å². The van der Waals surface area contributed by atoms with Gasteiger partial charge in [0.25, 0.3) is 5.91 Å². The fourth-order valence-electron chi connectivity index (χ4n) is 2.62. The Bertz CT molecular complexity index is 1110. The molecule has 0 aliphatic heterocycles. The predicted molar refractivity (Wildman–Crippen MR) is 101 cm³/mol. The van der Waals surface area contributed by atoms with Crippen LogP contribution in [0.25, 0.3) is 11.3 Å². The maximum Gasteiger partial charge on any atom is 0.273 e. The number of nitrogens with zero attached hydrogens (tertiary/aromatic N) is 4. The summed E-state index contributed by atoms with van der Waals surface area (Å²) in [5.74, 6) is -1.52. The van der Waals surface area contributed by atoms with E-state index in [9.17, 15) is 14.0 Å². The molecule has 148 valence electrons. The Balaban J connectivity index is 1.67. The average Bonchev–Trinajstić information content (AvgIpc) is 3.31. The molecule has 0 saturated carbocycles. The Morgan fingerprint density at radius 3 is 2.79 bits per heavy atom. The van der Waals surface area contributed by atoms with Crippen molar-refractivity contribution in [2.24, 2.45) is 0 Å². The standard InChI is InChI=1S/C19H15ClFN5O3/c1-10(23-19(28)17-7-18(11(2)27)29-25-17)9-26-4-3-16(24-26)12-5-14(20)13(8-22)15(21)6-12/h3-7,10H,9H2,1-2H3,(H,23,28)/t10-/m0/s1. The highest BCUT2D eigenvalue weighted by molar-refractivity contribution is 6.32. The number of ketones is 1. The van der Waals surface area contributed by atoms with Gasteiger partial charge in [-0.2, -0.15) is 10.4 Å². The number of aromatic nitrogens is 3. The highest BCUT2D eigenvalue weighted by Crippen LogP contribution is 2.26. The van der Waals surface area contributed by atoms with E-state index in [1.165, 1.54) is 25.1 Å². The molecule has 1 atom stereocenters. The number of nitriles is 1. The van der Waals surface area contributed by atoms with Crippen LogP contribution in [0.3, 0.4) is 0 Å². The van der Waals surface area contributed by atoms with E-state index in [2.05, 4.69) is 15.6 Å². The van der Waals surface area contributed by atoms with Crippen LogP contribution in [0.5, 0.6) is 0 Å². The van der Waals surface area contributed by atoms with E-state index >= 15 is 0 Å². The number of carbonyl (C=O) groups is 2. The van der Waals surface area contributed by atoms with E-state index in [0.717, 1.165) is 0 Å². The molecule has 10 heteroatoms. The summed E-state index contributed by atoms with van der Waals surface area (Å²) in [5.41, 5.74) is 0.690. The molecule has 0 saturated heterocycles. The van der Waals surface area contributed by atoms with Crippen LogP contribution in [0.15, 0.2) is 35.0 Å². The summed E-state index contributed by atoms with van der Waals surface area (Å²) in [6.45, 7) is 3.41. The first-order valence-corrected chi connectivity index (χ1v) is 8.87. The summed E-state index contributed by atoms with van der Waals surface area (Å²) in [7, 11) is 0. The normalized spacial score (nSPS) is 11.7. The number of hydrogen-bond donors (Lipinski definition) is 1. The number of halogens is 2. The molecule has 1 aromatic carbocycles. The minimum atomic E-state index is -0.720. The lowest BCUT2D eigenvalue weighted by molar-refractivity contribution is 0.0922. The zero-order valence-corrected chi connectivity index (χ0v) is 16.2. The van der Waals surface area contributed by atoms with E-state index < -0.39 is 11.7 Å². The van der Waals surface area contributed by atoms with Crippen LogP contribution in [0.4, 0.5) is 4.39 Å². The molecule has 2 heterocycles. The van der Waals surface area contributed by atoms with Crippen molar-refractivity contribution >= 4 is 23.3 Å². The van der Waals surface area contributed by atoms with Crippen LogP contribution in [0, 0.1) is 17.1 Å². The van der Waals surface area contributed by atoms with Crippen molar-refractivity contribution in [3.8, 4) is 17.3 Å². The molecule has 0 bridgehead atoms. The van der Waals surface area contributed by atoms with Gasteiger partial charge in [0, 0.05) is 30.8 Å². The fraction of sp³-hybridized carbons (Fsp3) is 0.211. The minimum Gasteiger partial charge on any atom is -0.352 e. The first kappa shape index (κ1) is 20.2. The summed E-state index contributed by atoms with van der Waals surface area (Å²) >= 11 is 5.93. The van der Waals surface area contributed by atoms with E-state index in [1.54, 1.807) is 29.9 Å². The zero-order chi connectivity index (χ0) is 21.1. The Labute approximate surface area is 169 Å². The van der Waals surface area contributed by atoms with Crippen LogP contribution >= 0.6 is 11.6 Å². The molecule has 0 aliphatic rings. The number of hydrogen-bond acceptors (Lipinski definition) is 6. The van der Waals surface area contributed by atoms with Crippen molar-refractivity contribution < 1.29 is 18.5 Å². The van der Waals surface area contributed by atoms with Crippen molar-refractivity contribution in [1.82, 2.24) is 20.3 Å². The third kappa shape index (κ3) is 4.50. The van der Waals surface area contributed by atoms with Crippen LogP contribution in [-0.4, -0.2) is 32.7 Å². The molecule has 0 spiro atoms. The molecular formula is C19H15ClFN5O3. The number of benzene rings is 1. The third-order valence-corrected chi connectivity index (χ3v) is 4.32. The van der Waals surface area contributed by atoms with E-state index in [4.69, 9.17) is 21.4 Å². The summed E-state index contributed by atoms with van der Waals surface area (Å²) in [4.78, 5) is 23.4. The maximum atomic E-state index is 13.9. The Morgan fingerprint density at radius 1 is 1.41 bits per heavy atom. The molecular weight excluding hydrogens is 401 g/mol. The number of rotatable bonds is 6. The average molecular weight is 416 g/mol. The van der Waals surface area contributed by atoms with Crippen molar-refractivity contribution in [2.45, 2.75) is 26.4 Å². The topological polar surface area (TPSA) is 114 Å². The summed E-state index contributed by atoms with van der Waals surface area (Å²) in [5, 5.41) is 19.5. The molecule has 0 unspecified atom stereocenters. The quantitative estimate of drug-likeness (QED) is 0.618. The van der Waals surface area contributed by atoms with Gasteiger partial charge in [0.2, 0.25) is 5.76 Å². The van der Waals surface area contributed by atoms with Crippen LogP contribution in [0.2, 0.25) is 5.02 Å². The van der Waals surface area contributed by atoms with E-state index in [0.29, 0.717) is 17.8 Å². The minimum absolute atomic E-state index is 0.00547. The molecule has 8 nitrogen and oxygen atoms in total. The fourth-order valence-corrected chi connectivity index (χ4v) is 2.87. The van der Waals surface area contributed by atoms with Crippen molar-refractivity contribution in [3.05, 3.63) is 58.3 Å². The van der Waals surface area contributed by atoms with Crippen LogP contribution in [-0.2, 0) is 6.54 Å². The zero-order valence-electron chi connectivity index (χ0n) is 15.4. The van der Waals surface area contributed by atoms with Gasteiger partial charge in [0.05, 0.1) is 17.3 Å². The lowest BCUT2D eigenvalue weighted by Gasteiger charge is -2.12. The molecule has 29 heavy (non-hydrogen) atoms. The molecule has 2 aromatic heterocycles. The molecule has 1 amide bonds. The summed E-state index contributed by atoms with van der Waals surface area (Å²) < 4.78 is 20.3. The molecule has 3 aromatic rings. The van der Waals surface area contributed by atoms with Crippen molar-refractivity contribution in [2.75, 3.05) is 0 Å². The molecule has 0 aliphatic carbocycles. The Morgan fingerprint density at radius 2 is 2.17 bits per heavy atom. The monoisotopic (exact) mass is 415 g/mol. The molecule has 1 N–H and O–H groups in total. The number of Topliss-reactive ketones (excluding diaryl/α,β-unsaturated/α-hetero) is 1. The second kappa shape index (κ2) is 8.24. The van der Waals surface area contributed by atoms with Gasteiger partial charge in [0.15, 0.2) is 11.5 Å². The van der Waals surface area contributed by atoms with Gasteiger partial charge in [-0.05, 0) is 25.1 Å². The van der Waals surface area contributed by atoms with Gasteiger partial charge < -0.3 is 9.84 Å². The number of nitrogens with one attached hydrogen (secondary N) is 1. The lowest BCUT2D eigenvalue weighted by Crippen LogP contribution is -2.36. The van der Waals surface area contributed by atoms with E-state index in [-0.39, 0.29) is 33.9 Å². The van der Waals surface area contributed by atoms with Gasteiger partial charge in [-0.1, -0.05) is 16.8 Å². The first-order chi connectivity index (χ1) is 13.8. The Kier molecular flexibility index (Phi) is 5.75. The highest BCUT2D eigenvalue weighted by atomic mass is 35.5. The third-order valence-electron chi connectivity index (χ3n) is 4.02. The molecule has 3 rings (SSSR count). The first-order valence-electron chi connectivity index (χ1n) is 8.50. The number of carbonyl (C=O) groups excluding carboxylic acids is 2. The van der Waals surface area contributed by atoms with Gasteiger partial charge in [-0.15, -0.1) is 0 Å². The smallest absolute Gasteiger partial charge is 0.273 e. The summed E-state index contributed by atoms with van der Waals surface area (Å²) in [6, 6.07) is 7.00. The SMILES string of the molecule is CC(=O)c1cc(C(=O)N[C@@H](C)Cn2ccc(-c3cc(F)c(C#N)c(Cl)c3)n2)no1. The van der Waals surface area contributed by atoms with Crippen LogP contribution in [0.1, 0.15) is 40.5 Å². The predicted octanol–water partition coefficient (Wildman–Crippen LogP) is 3.22. The van der Waals surface area contributed by atoms with E-state index in [1.807, 2.05) is 0 Å². The maximum absolute atomic E-state index is 13.9. The summed E-state index contributed by atoms with van der Waals surface area (Å²) in [6.07, 6.45) is 1.67. The van der Waals surface area contributed by atoms with Gasteiger partial charge in [-0.3, -0.25) is 14.3 Å². The van der Waals surface area contributed by atoms with Gasteiger partial charge >= 0.3 is 0 Å². The molecule has 0 radical (unpaired) electrons.